The van der Waals surface area contributed by atoms with Gasteiger partial charge in [-0.2, -0.15) is 0 Å². The molecule has 1 aliphatic carbocycles. The van der Waals surface area contributed by atoms with Gasteiger partial charge in [0.1, 0.15) is 0 Å². The molecular weight excluding hydrogens is 182 g/mol. The van der Waals surface area contributed by atoms with Gasteiger partial charge in [0.05, 0.1) is 0 Å². The van der Waals surface area contributed by atoms with Gasteiger partial charge in [0, 0.05) is 12.1 Å². The Morgan fingerprint density at radius 3 is 2.20 bits per heavy atom. The van der Waals surface area contributed by atoms with Gasteiger partial charge in [-0.05, 0) is 37.5 Å². The second-order valence-electron chi connectivity index (χ2n) is 6.04. The van der Waals surface area contributed by atoms with Gasteiger partial charge in [-0.25, -0.2) is 0 Å². The number of hydrogen-bond acceptors (Lipinski definition) is 1. The Morgan fingerprint density at radius 2 is 1.80 bits per heavy atom. The minimum Gasteiger partial charge on any atom is -0.311 e. The largest absolute Gasteiger partial charge is 0.311 e. The Hall–Kier alpha value is -0.0400. The molecule has 15 heavy (non-hydrogen) atoms. The van der Waals surface area contributed by atoms with Crippen LogP contribution in [0.5, 0.6) is 0 Å². The minimum atomic E-state index is 0.584. The SMILES string of the molecule is CCCC(CCC)NC1CCC(C)(C)C1. The van der Waals surface area contributed by atoms with Crippen LogP contribution in [0.15, 0.2) is 0 Å². The van der Waals surface area contributed by atoms with Crippen LogP contribution < -0.4 is 5.32 Å². The van der Waals surface area contributed by atoms with E-state index in [0.29, 0.717) is 5.41 Å². The maximum Gasteiger partial charge on any atom is 0.00749 e. The van der Waals surface area contributed by atoms with Crippen LogP contribution >= 0.6 is 0 Å². The van der Waals surface area contributed by atoms with E-state index in [2.05, 4.69) is 33.0 Å². The Labute approximate surface area is 96.0 Å². The topological polar surface area (TPSA) is 12.0 Å². The molecule has 1 atom stereocenters. The minimum absolute atomic E-state index is 0.584. The standard InChI is InChI=1S/C14H29N/c1-5-7-12(8-6-2)15-13-9-10-14(3,4)11-13/h12-13,15H,5-11H2,1-4H3. The summed E-state index contributed by atoms with van der Waals surface area (Å²) in [5.74, 6) is 0. The van der Waals surface area contributed by atoms with E-state index in [-0.39, 0.29) is 0 Å². The molecule has 0 aromatic carbocycles. The quantitative estimate of drug-likeness (QED) is 0.697. The van der Waals surface area contributed by atoms with Gasteiger partial charge in [-0.3, -0.25) is 0 Å². The molecule has 90 valence electrons. The van der Waals surface area contributed by atoms with Crippen LogP contribution in [-0.2, 0) is 0 Å². The molecule has 0 radical (unpaired) electrons. The van der Waals surface area contributed by atoms with Crippen molar-refractivity contribution in [1.82, 2.24) is 5.32 Å². The highest BCUT2D eigenvalue weighted by Crippen LogP contribution is 2.37. The molecular formula is C14H29N. The highest BCUT2D eigenvalue weighted by molar-refractivity contribution is 4.88. The molecule has 1 unspecified atom stereocenters. The summed E-state index contributed by atoms with van der Waals surface area (Å²) in [6.07, 6.45) is 9.49. The van der Waals surface area contributed by atoms with Crippen molar-refractivity contribution in [3.8, 4) is 0 Å². The first kappa shape index (κ1) is 13.0. The maximum absolute atomic E-state index is 3.87. The molecule has 0 aliphatic heterocycles. The van der Waals surface area contributed by atoms with Crippen molar-refractivity contribution in [1.29, 1.82) is 0 Å². The normalized spacial score (nSPS) is 25.0. The Balaban J connectivity index is 2.32. The van der Waals surface area contributed by atoms with E-state index < -0.39 is 0 Å². The summed E-state index contributed by atoms with van der Waals surface area (Å²) < 4.78 is 0. The van der Waals surface area contributed by atoms with Crippen molar-refractivity contribution in [2.45, 2.75) is 84.7 Å². The third kappa shape index (κ3) is 4.55. The number of nitrogens with one attached hydrogen (secondary N) is 1. The van der Waals surface area contributed by atoms with Gasteiger partial charge in [0.25, 0.3) is 0 Å². The lowest BCUT2D eigenvalue weighted by Crippen LogP contribution is -2.37. The van der Waals surface area contributed by atoms with Crippen molar-refractivity contribution in [3.05, 3.63) is 0 Å². The monoisotopic (exact) mass is 211 g/mol. The van der Waals surface area contributed by atoms with Crippen molar-refractivity contribution < 1.29 is 0 Å². The van der Waals surface area contributed by atoms with Crippen LogP contribution in [-0.4, -0.2) is 12.1 Å². The molecule has 1 nitrogen and oxygen atoms in total. The summed E-state index contributed by atoms with van der Waals surface area (Å²) in [6.45, 7) is 9.40. The molecule has 1 fully saturated rings. The molecule has 0 aromatic heterocycles. The fraction of sp³-hybridized carbons (Fsp3) is 1.00. The Kier molecular flexibility index (Phi) is 5.11. The highest BCUT2D eigenvalue weighted by Gasteiger charge is 2.31. The molecule has 0 saturated heterocycles. The first-order valence-corrected chi connectivity index (χ1v) is 6.83. The summed E-state index contributed by atoms with van der Waals surface area (Å²) in [7, 11) is 0. The van der Waals surface area contributed by atoms with Crippen molar-refractivity contribution >= 4 is 0 Å². The van der Waals surface area contributed by atoms with Gasteiger partial charge in [0.15, 0.2) is 0 Å². The maximum atomic E-state index is 3.87. The van der Waals surface area contributed by atoms with Crippen molar-refractivity contribution in [2.24, 2.45) is 5.41 Å². The number of rotatable bonds is 6. The Morgan fingerprint density at radius 1 is 1.20 bits per heavy atom. The molecule has 1 N–H and O–H groups in total. The van der Waals surface area contributed by atoms with Gasteiger partial charge in [-0.15, -0.1) is 0 Å². The third-order valence-electron chi connectivity index (χ3n) is 3.71. The average molecular weight is 211 g/mol. The zero-order valence-electron chi connectivity index (χ0n) is 11.1. The summed E-state index contributed by atoms with van der Waals surface area (Å²) in [5, 5.41) is 3.87. The van der Waals surface area contributed by atoms with E-state index in [9.17, 15) is 0 Å². The third-order valence-corrected chi connectivity index (χ3v) is 3.71. The molecule has 0 spiro atoms. The van der Waals surface area contributed by atoms with Gasteiger partial charge >= 0.3 is 0 Å². The van der Waals surface area contributed by atoms with Crippen LogP contribution in [0.4, 0.5) is 0 Å². The highest BCUT2D eigenvalue weighted by atomic mass is 15.0. The van der Waals surface area contributed by atoms with E-state index in [1.54, 1.807) is 0 Å². The molecule has 1 heteroatoms. The second kappa shape index (κ2) is 5.89. The summed E-state index contributed by atoms with van der Waals surface area (Å²) >= 11 is 0. The van der Waals surface area contributed by atoms with Crippen molar-refractivity contribution in [3.63, 3.8) is 0 Å². The van der Waals surface area contributed by atoms with Gasteiger partial charge in [-0.1, -0.05) is 40.5 Å². The molecule has 1 aliphatic rings. The van der Waals surface area contributed by atoms with Crippen LogP contribution in [0.2, 0.25) is 0 Å². The van der Waals surface area contributed by atoms with E-state index in [0.717, 1.165) is 12.1 Å². The van der Waals surface area contributed by atoms with Crippen LogP contribution in [0.25, 0.3) is 0 Å². The zero-order chi connectivity index (χ0) is 11.3. The molecule has 1 saturated carbocycles. The van der Waals surface area contributed by atoms with Crippen LogP contribution in [0, 0.1) is 5.41 Å². The van der Waals surface area contributed by atoms with Gasteiger partial charge in [0.2, 0.25) is 0 Å². The molecule has 0 aromatic rings. The molecule has 0 bridgehead atoms. The summed E-state index contributed by atoms with van der Waals surface area (Å²) in [6, 6.07) is 1.57. The summed E-state index contributed by atoms with van der Waals surface area (Å²) in [4.78, 5) is 0. The lowest BCUT2D eigenvalue weighted by molar-refractivity contribution is 0.338. The van der Waals surface area contributed by atoms with E-state index in [1.807, 2.05) is 0 Å². The second-order valence-corrected chi connectivity index (χ2v) is 6.04. The first-order chi connectivity index (χ1) is 7.07. The summed E-state index contributed by atoms with van der Waals surface area (Å²) in [5.41, 5.74) is 0.584. The Bertz CT molecular complexity index is 168. The molecule has 0 amide bonds. The van der Waals surface area contributed by atoms with Crippen LogP contribution in [0.3, 0.4) is 0 Å². The van der Waals surface area contributed by atoms with E-state index in [1.165, 1.54) is 44.9 Å². The van der Waals surface area contributed by atoms with Gasteiger partial charge < -0.3 is 5.32 Å². The first-order valence-electron chi connectivity index (χ1n) is 6.83. The molecule has 1 rings (SSSR count). The van der Waals surface area contributed by atoms with Crippen molar-refractivity contribution in [2.75, 3.05) is 0 Å². The van der Waals surface area contributed by atoms with E-state index in [4.69, 9.17) is 0 Å². The predicted octanol–water partition coefficient (Wildman–Crippen LogP) is 4.12. The number of hydrogen-bond donors (Lipinski definition) is 1. The fourth-order valence-electron chi connectivity index (χ4n) is 2.92. The predicted molar refractivity (Wildman–Crippen MR) is 68.2 cm³/mol. The van der Waals surface area contributed by atoms with E-state index >= 15 is 0 Å². The fourth-order valence-corrected chi connectivity index (χ4v) is 2.92. The lowest BCUT2D eigenvalue weighted by atomic mass is 9.91. The lowest BCUT2D eigenvalue weighted by Gasteiger charge is -2.24. The smallest absolute Gasteiger partial charge is 0.00749 e. The molecule has 0 heterocycles. The van der Waals surface area contributed by atoms with Crippen LogP contribution in [0.1, 0.15) is 72.6 Å². The zero-order valence-corrected chi connectivity index (χ0v) is 11.1. The average Bonchev–Trinajstić information content (AvgIpc) is 2.46.